The van der Waals surface area contributed by atoms with Crippen LogP contribution < -0.4 is 4.90 Å². The monoisotopic (exact) mass is 294 g/mol. The summed E-state index contributed by atoms with van der Waals surface area (Å²) in [4.78, 5) is 26.9. The number of amides is 2. The largest absolute Gasteiger partial charge is 0.449 e. The number of carbonyl (C=O) groups excluding carboxylic acids is 2. The average Bonchev–Trinajstić information content (AvgIpc) is 2.45. The normalized spacial score (nSPS) is 15.5. The fourth-order valence-corrected chi connectivity index (χ4v) is 2.05. The highest BCUT2D eigenvalue weighted by Gasteiger charge is 2.28. The van der Waals surface area contributed by atoms with Gasteiger partial charge in [-0.3, -0.25) is 9.69 Å². The van der Waals surface area contributed by atoms with Gasteiger partial charge in [0.1, 0.15) is 12.4 Å². The molecule has 21 heavy (non-hydrogen) atoms. The van der Waals surface area contributed by atoms with Gasteiger partial charge in [0.2, 0.25) is 5.91 Å². The van der Waals surface area contributed by atoms with Crippen molar-refractivity contribution in [3.8, 4) is 0 Å². The van der Waals surface area contributed by atoms with Crippen molar-refractivity contribution in [3.05, 3.63) is 30.1 Å². The van der Waals surface area contributed by atoms with Crippen molar-refractivity contribution in [2.75, 3.05) is 31.1 Å². The molecule has 0 spiro atoms. The molecule has 0 aliphatic carbocycles. The van der Waals surface area contributed by atoms with Crippen LogP contribution in [0.5, 0.6) is 0 Å². The summed E-state index contributed by atoms with van der Waals surface area (Å²) in [5, 5.41) is 0. The smallest absolute Gasteiger partial charge is 0.410 e. The number of hydrogen-bond donors (Lipinski definition) is 0. The number of piperazine rings is 1. The number of nitrogens with zero attached hydrogens (tertiary/aromatic N) is 2. The van der Waals surface area contributed by atoms with Gasteiger partial charge in [-0.2, -0.15) is 0 Å². The van der Waals surface area contributed by atoms with E-state index in [1.54, 1.807) is 17.0 Å². The fourth-order valence-electron chi connectivity index (χ4n) is 2.05. The maximum atomic E-state index is 12.9. The predicted octanol–water partition coefficient (Wildman–Crippen LogP) is 2.27. The molecule has 1 fully saturated rings. The molecule has 6 heteroatoms. The first-order chi connectivity index (χ1) is 9.97. The van der Waals surface area contributed by atoms with E-state index in [0.29, 0.717) is 25.4 Å². The van der Waals surface area contributed by atoms with E-state index < -0.39 is 6.09 Å². The second kappa shape index (κ2) is 6.56. The summed E-state index contributed by atoms with van der Waals surface area (Å²) in [7, 11) is 0. The first-order valence-corrected chi connectivity index (χ1v) is 6.95. The number of ether oxygens (including phenoxy) is 1. The molecule has 114 valence electrons. The van der Waals surface area contributed by atoms with E-state index in [9.17, 15) is 14.0 Å². The standard InChI is InChI=1S/C15H19FN2O3/c1-11(2)10-21-15(20)17-7-8-18(14(19)9-17)13-5-3-12(16)4-6-13/h3-6,11H,7-10H2,1-2H3. The molecule has 1 saturated heterocycles. The van der Waals surface area contributed by atoms with Crippen molar-refractivity contribution in [2.24, 2.45) is 5.92 Å². The lowest BCUT2D eigenvalue weighted by atomic mass is 10.2. The Labute approximate surface area is 123 Å². The van der Waals surface area contributed by atoms with Crippen LogP contribution in [0.25, 0.3) is 0 Å². The molecule has 2 rings (SSSR count). The summed E-state index contributed by atoms with van der Waals surface area (Å²) in [6.45, 7) is 5.00. The van der Waals surface area contributed by atoms with E-state index in [4.69, 9.17) is 4.74 Å². The maximum Gasteiger partial charge on any atom is 0.410 e. The van der Waals surface area contributed by atoms with E-state index in [1.807, 2.05) is 13.8 Å². The Hall–Kier alpha value is -2.11. The zero-order chi connectivity index (χ0) is 15.4. The number of benzene rings is 1. The van der Waals surface area contributed by atoms with Crippen LogP contribution in [0.4, 0.5) is 14.9 Å². The van der Waals surface area contributed by atoms with Crippen LogP contribution in [-0.4, -0.2) is 43.1 Å². The van der Waals surface area contributed by atoms with Crippen LogP contribution in [0.1, 0.15) is 13.8 Å². The summed E-state index contributed by atoms with van der Waals surface area (Å²) < 4.78 is 18.0. The topological polar surface area (TPSA) is 49.9 Å². The number of halogens is 1. The van der Waals surface area contributed by atoms with Gasteiger partial charge in [0, 0.05) is 18.8 Å². The second-order valence-corrected chi connectivity index (χ2v) is 5.41. The Kier molecular flexibility index (Phi) is 4.77. The Morgan fingerprint density at radius 1 is 1.29 bits per heavy atom. The van der Waals surface area contributed by atoms with Gasteiger partial charge in [-0.05, 0) is 30.2 Å². The summed E-state index contributed by atoms with van der Waals surface area (Å²) in [5.74, 6) is -0.290. The fraction of sp³-hybridized carbons (Fsp3) is 0.467. The van der Waals surface area contributed by atoms with Gasteiger partial charge in [0.05, 0.1) is 6.61 Å². The van der Waals surface area contributed by atoms with Crippen LogP contribution in [-0.2, 0) is 9.53 Å². The van der Waals surface area contributed by atoms with Gasteiger partial charge in [0.25, 0.3) is 0 Å². The van der Waals surface area contributed by atoms with Gasteiger partial charge in [0.15, 0.2) is 0 Å². The molecule has 1 aromatic rings. The molecule has 1 aliphatic rings. The molecule has 0 aromatic heterocycles. The van der Waals surface area contributed by atoms with Gasteiger partial charge in [-0.1, -0.05) is 13.8 Å². The van der Waals surface area contributed by atoms with E-state index in [0.717, 1.165) is 0 Å². The van der Waals surface area contributed by atoms with E-state index in [-0.39, 0.29) is 24.2 Å². The minimum absolute atomic E-state index is 0.0195. The molecule has 2 amide bonds. The minimum Gasteiger partial charge on any atom is -0.449 e. The summed E-state index contributed by atoms with van der Waals surface area (Å²) >= 11 is 0. The Morgan fingerprint density at radius 3 is 2.52 bits per heavy atom. The van der Waals surface area contributed by atoms with Crippen molar-refractivity contribution in [1.29, 1.82) is 0 Å². The van der Waals surface area contributed by atoms with Crippen LogP contribution in [0.3, 0.4) is 0 Å². The molecule has 5 nitrogen and oxygen atoms in total. The van der Waals surface area contributed by atoms with E-state index >= 15 is 0 Å². The molecule has 1 aromatic carbocycles. The van der Waals surface area contributed by atoms with Crippen molar-refractivity contribution in [2.45, 2.75) is 13.8 Å². The molecular formula is C15H19FN2O3. The first-order valence-electron chi connectivity index (χ1n) is 6.95. The lowest BCUT2D eigenvalue weighted by Gasteiger charge is -2.33. The third-order valence-electron chi connectivity index (χ3n) is 3.16. The Bertz CT molecular complexity index is 516. The first kappa shape index (κ1) is 15.3. The Balaban J connectivity index is 1.94. The zero-order valence-electron chi connectivity index (χ0n) is 12.2. The number of anilines is 1. The van der Waals surface area contributed by atoms with Crippen LogP contribution in [0.15, 0.2) is 24.3 Å². The molecule has 0 bridgehead atoms. The van der Waals surface area contributed by atoms with Gasteiger partial charge in [-0.25, -0.2) is 9.18 Å². The molecule has 0 unspecified atom stereocenters. The summed E-state index contributed by atoms with van der Waals surface area (Å²) in [6.07, 6.45) is -0.462. The van der Waals surface area contributed by atoms with Crippen LogP contribution >= 0.6 is 0 Å². The van der Waals surface area contributed by atoms with Crippen LogP contribution in [0.2, 0.25) is 0 Å². The zero-order valence-corrected chi connectivity index (χ0v) is 12.2. The highest BCUT2D eigenvalue weighted by atomic mass is 19.1. The summed E-state index contributed by atoms with van der Waals surface area (Å²) in [6, 6.07) is 5.73. The molecule has 1 heterocycles. The highest BCUT2D eigenvalue weighted by molar-refractivity contribution is 5.97. The predicted molar refractivity (Wildman–Crippen MR) is 76.5 cm³/mol. The second-order valence-electron chi connectivity index (χ2n) is 5.41. The lowest BCUT2D eigenvalue weighted by Crippen LogP contribution is -2.52. The highest BCUT2D eigenvalue weighted by Crippen LogP contribution is 2.18. The number of hydrogen-bond acceptors (Lipinski definition) is 3. The third kappa shape index (κ3) is 3.93. The van der Waals surface area contributed by atoms with Gasteiger partial charge >= 0.3 is 6.09 Å². The SMILES string of the molecule is CC(C)COC(=O)N1CCN(c2ccc(F)cc2)C(=O)C1. The minimum atomic E-state index is -0.462. The molecule has 0 saturated carbocycles. The Morgan fingerprint density at radius 2 is 1.95 bits per heavy atom. The number of carbonyl (C=O) groups is 2. The van der Waals surface area contributed by atoms with Crippen molar-refractivity contribution in [1.82, 2.24) is 4.90 Å². The molecule has 0 radical (unpaired) electrons. The van der Waals surface area contributed by atoms with Gasteiger partial charge < -0.3 is 9.64 Å². The van der Waals surface area contributed by atoms with Crippen molar-refractivity contribution in [3.63, 3.8) is 0 Å². The van der Waals surface area contributed by atoms with Crippen LogP contribution in [0, 0.1) is 11.7 Å². The molecule has 0 atom stereocenters. The maximum absolute atomic E-state index is 12.9. The third-order valence-corrected chi connectivity index (χ3v) is 3.16. The lowest BCUT2D eigenvalue weighted by molar-refractivity contribution is -0.120. The van der Waals surface area contributed by atoms with Crippen molar-refractivity contribution >= 4 is 17.7 Å². The average molecular weight is 294 g/mol. The molecular weight excluding hydrogens is 275 g/mol. The van der Waals surface area contributed by atoms with Gasteiger partial charge in [-0.15, -0.1) is 0 Å². The van der Waals surface area contributed by atoms with E-state index in [1.165, 1.54) is 17.0 Å². The number of rotatable bonds is 3. The molecule has 1 aliphatic heterocycles. The van der Waals surface area contributed by atoms with E-state index in [2.05, 4.69) is 0 Å². The summed E-state index contributed by atoms with van der Waals surface area (Å²) in [5.41, 5.74) is 0.636. The quantitative estimate of drug-likeness (QED) is 0.859. The molecule has 0 N–H and O–H groups in total. The van der Waals surface area contributed by atoms with Crippen molar-refractivity contribution < 1.29 is 18.7 Å².